The van der Waals surface area contributed by atoms with E-state index in [9.17, 15) is 0 Å². The fourth-order valence-corrected chi connectivity index (χ4v) is 5.72. The molecule has 0 N–H and O–H groups in total. The first-order valence-electron chi connectivity index (χ1n) is 17.2. The molecule has 4 rings (SSSR count). The second-order valence-corrected chi connectivity index (χ2v) is 12.9. The molecule has 0 fully saturated rings. The average molecular weight is 643 g/mol. The first-order valence-corrected chi connectivity index (χ1v) is 17.2. The quantitative estimate of drug-likeness (QED) is 0.0839. The van der Waals surface area contributed by atoms with Gasteiger partial charge in [0.15, 0.2) is 56.8 Å². The second-order valence-electron chi connectivity index (χ2n) is 12.9. The van der Waals surface area contributed by atoms with Crippen LogP contribution in [0.2, 0.25) is 0 Å². The fourth-order valence-electron chi connectivity index (χ4n) is 5.72. The van der Waals surface area contributed by atoms with Crippen LogP contribution in [-0.4, -0.2) is 46.2 Å². The number of rotatable bonds is 20. The van der Waals surface area contributed by atoms with Gasteiger partial charge in [-0.2, -0.15) is 0 Å². The van der Waals surface area contributed by atoms with E-state index in [1.165, 1.54) is 33.4 Å². The molecule has 3 aromatic heterocycles. The lowest BCUT2D eigenvalue weighted by molar-refractivity contribution is -0.727. The molecule has 0 saturated heterocycles. The number of aromatic nitrogens is 3. The molecule has 3 heterocycles. The van der Waals surface area contributed by atoms with Crippen LogP contribution in [0.15, 0.2) is 85.7 Å². The molecule has 0 aliphatic heterocycles. The van der Waals surface area contributed by atoms with Crippen LogP contribution in [0.3, 0.4) is 0 Å². The van der Waals surface area contributed by atoms with Crippen molar-refractivity contribution in [3.8, 4) is 16.9 Å². The monoisotopic (exact) mass is 642 g/mol. The summed E-state index contributed by atoms with van der Waals surface area (Å²) in [5, 5.41) is 0. The zero-order chi connectivity index (χ0) is 33.4. The standard InChI is InChI=1S/C40H56N3O4/c1-32(2)38-9-7-10-39(33(3)4)40(38)47-28-27-46-26-25-45-24-23-44-22-21-42-19-13-37(14-20-42)36-11-17-41(18-12-36)15-8-16-43-30-34(5)29-35(6)31-43/h7,9-14,17-20,29-33H,8,15-16,21-28H2,1-6H3/q+3. The van der Waals surface area contributed by atoms with Gasteiger partial charge >= 0.3 is 0 Å². The van der Waals surface area contributed by atoms with Crippen molar-refractivity contribution in [1.82, 2.24) is 0 Å². The van der Waals surface area contributed by atoms with Gasteiger partial charge in [0.25, 0.3) is 0 Å². The highest BCUT2D eigenvalue weighted by Crippen LogP contribution is 2.34. The van der Waals surface area contributed by atoms with Crippen molar-refractivity contribution in [2.24, 2.45) is 0 Å². The SMILES string of the molecule is Cc1cc(C)c[n+](CCC[n+]2ccc(-c3cc[n+](CCOCCOCCOCCOc4c(C(C)C)cccc4C(C)C)cc3)cc2)c1. The number of para-hydroxylation sites is 1. The third-order valence-electron chi connectivity index (χ3n) is 8.17. The number of pyridine rings is 3. The average Bonchev–Trinajstić information content (AvgIpc) is 3.05. The molecule has 0 atom stereocenters. The van der Waals surface area contributed by atoms with Crippen LogP contribution in [0.1, 0.15) is 68.2 Å². The minimum atomic E-state index is 0.419. The maximum absolute atomic E-state index is 6.17. The van der Waals surface area contributed by atoms with Gasteiger partial charge in [-0.1, -0.05) is 45.9 Å². The highest BCUT2D eigenvalue weighted by Gasteiger charge is 2.15. The Bertz CT molecular complexity index is 1440. The summed E-state index contributed by atoms with van der Waals surface area (Å²) in [7, 11) is 0. The molecule has 0 unspecified atom stereocenters. The van der Waals surface area contributed by atoms with E-state index >= 15 is 0 Å². The van der Waals surface area contributed by atoms with Crippen LogP contribution in [0, 0.1) is 13.8 Å². The number of ether oxygens (including phenoxy) is 4. The van der Waals surface area contributed by atoms with Gasteiger partial charge in [-0.25, -0.2) is 13.7 Å². The van der Waals surface area contributed by atoms with Gasteiger partial charge in [-0.15, -0.1) is 0 Å². The Morgan fingerprint density at radius 3 is 1.49 bits per heavy atom. The molecule has 1 aromatic carbocycles. The van der Waals surface area contributed by atoms with Crippen molar-refractivity contribution < 1.29 is 32.6 Å². The van der Waals surface area contributed by atoms with E-state index in [0.29, 0.717) is 58.1 Å². The van der Waals surface area contributed by atoms with E-state index in [0.717, 1.165) is 31.8 Å². The molecule has 0 aliphatic rings. The van der Waals surface area contributed by atoms with Crippen molar-refractivity contribution in [2.75, 3.05) is 46.2 Å². The Hall–Kier alpha value is -3.65. The fraction of sp³-hybridized carbons (Fsp3) is 0.475. The summed E-state index contributed by atoms with van der Waals surface area (Å²) in [6.07, 6.45) is 14.1. The topological polar surface area (TPSA) is 48.6 Å². The Balaban J connectivity index is 1.04. The van der Waals surface area contributed by atoms with Gasteiger partial charge < -0.3 is 18.9 Å². The van der Waals surface area contributed by atoms with Crippen LogP contribution < -0.4 is 18.4 Å². The predicted molar refractivity (Wildman–Crippen MR) is 186 cm³/mol. The van der Waals surface area contributed by atoms with Crippen molar-refractivity contribution in [3.63, 3.8) is 0 Å². The van der Waals surface area contributed by atoms with Crippen LogP contribution in [0.5, 0.6) is 5.75 Å². The molecule has 47 heavy (non-hydrogen) atoms. The Morgan fingerprint density at radius 2 is 0.979 bits per heavy atom. The van der Waals surface area contributed by atoms with Gasteiger partial charge in [-0.05, 0) is 54.0 Å². The summed E-state index contributed by atoms with van der Waals surface area (Å²) in [6.45, 7) is 19.9. The minimum absolute atomic E-state index is 0.419. The predicted octanol–water partition coefficient (Wildman–Crippen LogP) is 6.30. The van der Waals surface area contributed by atoms with E-state index in [4.69, 9.17) is 18.9 Å². The van der Waals surface area contributed by atoms with Gasteiger partial charge in [-0.3, -0.25) is 0 Å². The molecule has 4 aromatic rings. The van der Waals surface area contributed by atoms with Crippen LogP contribution in [0.4, 0.5) is 0 Å². The normalized spacial score (nSPS) is 11.5. The van der Waals surface area contributed by atoms with Gasteiger partial charge in [0.2, 0.25) is 0 Å². The smallest absolute Gasteiger partial charge is 0.171 e. The van der Waals surface area contributed by atoms with Crippen molar-refractivity contribution in [1.29, 1.82) is 0 Å². The molecule has 0 saturated carbocycles. The third-order valence-corrected chi connectivity index (χ3v) is 8.17. The van der Waals surface area contributed by atoms with Crippen LogP contribution >= 0.6 is 0 Å². The molecule has 0 bridgehead atoms. The molecule has 0 radical (unpaired) electrons. The number of benzene rings is 1. The number of aryl methyl sites for hydroxylation is 4. The molecule has 0 amide bonds. The van der Waals surface area contributed by atoms with E-state index in [-0.39, 0.29) is 0 Å². The van der Waals surface area contributed by atoms with Gasteiger partial charge in [0.05, 0.1) is 39.5 Å². The maximum atomic E-state index is 6.17. The first-order chi connectivity index (χ1) is 22.8. The first kappa shape index (κ1) is 36.2. The third kappa shape index (κ3) is 12.1. The number of nitrogens with zero attached hydrogens (tertiary/aromatic N) is 3. The van der Waals surface area contributed by atoms with Crippen LogP contribution in [-0.2, 0) is 33.8 Å². The number of hydrogen-bond donors (Lipinski definition) is 0. The molecule has 0 aliphatic carbocycles. The van der Waals surface area contributed by atoms with Crippen LogP contribution in [0.25, 0.3) is 11.1 Å². The molecule has 0 spiro atoms. The van der Waals surface area contributed by atoms with Crippen molar-refractivity contribution in [2.45, 2.75) is 79.4 Å². The molecular formula is C40H56N3O4+3. The lowest BCUT2D eigenvalue weighted by Crippen LogP contribution is -2.38. The summed E-state index contributed by atoms with van der Waals surface area (Å²) in [5.74, 6) is 1.85. The molecule has 252 valence electrons. The van der Waals surface area contributed by atoms with E-state index in [1.54, 1.807) is 0 Å². The number of hydrogen-bond acceptors (Lipinski definition) is 4. The van der Waals surface area contributed by atoms with E-state index in [1.807, 2.05) is 0 Å². The summed E-state index contributed by atoms with van der Waals surface area (Å²) in [6, 6.07) is 17.4. The van der Waals surface area contributed by atoms with E-state index < -0.39 is 0 Å². The lowest BCUT2D eigenvalue weighted by Gasteiger charge is -2.20. The molecular weight excluding hydrogens is 586 g/mol. The van der Waals surface area contributed by atoms with Crippen molar-refractivity contribution in [3.05, 3.63) is 108 Å². The lowest BCUT2D eigenvalue weighted by atomic mass is 9.94. The summed E-state index contributed by atoms with van der Waals surface area (Å²) >= 11 is 0. The molecule has 7 heteroatoms. The zero-order valence-electron chi connectivity index (χ0n) is 29.5. The van der Waals surface area contributed by atoms with Gasteiger partial charge in [0.1, 0.15) is 19.0 Å². The maximum Gasteiger partial charge on any atom is 0.171 e. The summed E-state index contributed by atoms with van der Waals surface area (Å²) in [4.78, 5) is 0. The Kier molecular flexibility index (Phi) is 14.8. The Labute approximate surface area is 282 Å². The zero-order valence-corrected chi connectivity index (χ0v) is 29.5. The van der Waals surface area contributed by atoms with Crippen molar-refractivity contribution >= 4 is 0 Å². The highest BCUT2D eigenvalue weighted by molar-refractivity contribution is 5.60. The summed E-state index contributed by atoms with van der Waals surface area (Å²) in [5.41, 5.74) is 7.56. The van der Waals surface area contributed by atoms with Gasteiger partial charge in [0, 0.05) is 35.4 Å². The molecule has 7 nitrogen and oxygen atoms in total. The highest BCUT2D eigenvalue weighted by atomic mass is 16.6. The van der Waals surface area contributed by atoms with E-state index in [2.05, 4.69) is 141 Å². The minimum Gasteiger partial charge on any atom is -0.491 e. The Morgan fingerprint density at radius 1 is 0.532 bits per heavy atom. The summed E-state index contributed by atoms with van der Waals surface area (Å²) < 4.78 is 30.1. The second kappa shape index (κ2) is 19.2. The largest absolute Gasteiger partial charge is 0.491 e.